The number of piperidine rings is 1. The van der Waals surface area contributed by atoms with E-state index in [0.717, 1.165) is 18.9 Å². The Hall–Kier alpha value is -1.98. The second kappa shape index (κ2) is 6.02. The van der Waals surface area contributed by atoms with Crippen molar-refractivity contribution in [2.45, 2.75) is 38.3 Å². The van der Waals surface area contributed by atoms with Crippen LogP contribution in [0.3, 0.4) is 0 Å². The number of benzene rings is 1. The van der Waals surface area contributed by atoms with Gasteiger partial charge >= 0.3 is 0 Å². The second-order valence-electron chi connectivity index (χ2n) is 5.94. The predicted molar refractivity (Wildman–Crippen MR) is 75.7 cm³/mol. The van der Waals surface area contributed by atoms with Crippen molar-refractivity contribution in [2.24, 2.45) is 5.92 Å². The van der Waals surface area contributed by atoms with Gasteiger partial charge in [0, 0.05) is 31.1 Å². The highest BCUT2D eigenvalue weighted by Gasteiger charge is 2.38. The summed E-state index contributed by atoms with van der Waals surface area (Å²) < 4.78 is 26.7. The highest BCUT2D eigenvalue weighted by atomic mass is 19.2. The Morgan fingerprint density at radius 1 is 1.27 bits per heavy atom. The molecule has 1 aliphatic carbocycles. The fourth-order valence-corrected chi connectivity index (χ4v) is 2.84. The number of rotatable bonds is 4. The summed E-state index contributed by atoms with van der Waals surface area (Å²) in [5, 5.41) is 2.65. The van der Waals surface area contributed by atoms with E-state index < -0.39 is 11.6 Å². The molecule has 118 valence electrons. The summed E-state index contributed by atoms with van der Waals surface area (Å²) in [7, 11) is 0. The molecule has 2 aliphatic rings. The number of hydrogen-bond donors (Lipinski definition) is 1. The first-order valence-corrected chi connectivity index (χ1v) is 7.56. The van der Waals surface area contributed by atoms with Crippen molar-refractivity contribution in [3.8, 4) is 0 Å². The molecule has 1 N–H and O–H groups in total. The minimum atomic E-state index is -0.929. The summed E-state index contributed by atoms with van der Waals surface area (Å²) in [5.41, 5.74) is 0.124. The summed E-state index contributed by atoms with van der Waals surface area (Å²) in [5.74, 6) is -2.21. The van der Waals surface area contributed by atoms with Crippen LogP contribution in [0, 0.1) is 17.6 Å². The van der Waals surface area contributed by atoms with E-state index >= 15 is 0 Å². The van der Waals surface area contributed by atoms with E-state index in [-0.39, 0.29) is 29.8 Å². The van der Waals surface area contributed by atoms with Gasteiger partial charge in [-0.15, -0.1) is 0 Å². The van der Waals surface area contributed by atoms with Gasteiger partial charge in [-0.3, -0.25) is 9.59 Å². The van der Waals surface area contributed by atoms with E-state index in [1.165, 1.54) is 12.1 Å². The minimum absolute atomic E-state index is 0.0453. The SMILES string of the molecule is O=C(NCc1cccc(F)c1F)[C@@H]1CCC(=O)N(C2CC2)C1. The lowest BCUT2D eigenvalue weighted by molar-refractivity contribution is -0.138. The van der Waals surface area contributed by atoms with Crippen LogP contribution in [0.15, 0.2) is 18.2 Å². The lowest BCUT2D eigenvalue weighted by atomic mass is 9.96. The van der Waals surface area contributed by atoms with Crippen molar-refractivity contribution >= 4 is 11.8 Å². The summed E-state index contributed by atoms with van der Waals surface area (Å²) in [4.78, 5) is 25.8. The lowest BCUT2D eigenvalue weighted by Crippen LogP contribution is -2.46. The summed E-state index contributed by atoms with van der Waals surface area (Å²) in [6.07, 6.45) is 2.91. The van der Waals surface area contributed by atoms with Crippen LogP contribution < -0.4 is 5.32 Å². The molecule has 0 radical (unpaired) electrons. The smallest absolute Gasteiger partial charge is 0.225 e. The van der Waals surface area contributed by atoms with E-state index in [2.05, 4.69) is 5.32 Å². The maximum Gasteiger partial charge on any atom is 0.225 e. The molecule has 0 spiro atoms. The molecule has 0 bridgehead atoms. The molecule has 2 amide bonds. The van der Waals surface area contributed by atoms with E-state index in [1.807, 2.05) is 0 Å². The number of amides is 2. The van der Waals surface area contributed by atoms with Crippen molar-refractivity contribution in [3.05, 3.63) is 35.4 Å². The third-order valence-corrected chi connectivity index (χ3v) is 4.29. The van der Waals surface area contributed by atoms with Gasteiger partial charge in [0.25, 0.3) is 0 Å². The molecule has 0 aromatic heterocycles. The first-order chi connectivity index (χ1) is 10.6. The number of carbonyl (C=O) groups excluding carboxylic acids is 2. The Labute approximate surface area is 127 Å². The number of nitrogens with zero attached hydrogens (tertiary/aromatic N) is 1. The van der Waals surface area contributed by atoms with Gasteiger partial charge in [-0.05, 0) is 25.3 Å². The molecule has 1 aromatic carbocycles. The molecule has 6 heteroatoms. The number of nitrogens with one attached hydrogen (secondary N) is 1. The Balaban J connectivity index is 1.57. The molecule has 1 aliphatic heterocycles. The Morgan fingerprint density at radius 2 is 2.05 bits per heavy atom. The average Bonchev–Trinajstić information content (AvgIpc) is 3.33. The van der Waals surface area contributed by atoms with Gasteiger partial charge in [0.15, 0.2) is 11.6 Å². The van der Waals surface area contributed by atoms with E-state index in [1.54, 1.807) is 4.90 Å². The molecule has 4 nitrogen and oxygen atoms in total. The van der Waals surface area contributed by atoms with Gasteiger partial charge in [-0.25, -0.2) is 8.78 Å². The third-order valence-electron chi connectivity index (χ3n) is 4.29. The molecule has 1 heterocycles. The van der Waals surface area contributed by atoms with Crippen LogP contribution in [-0.4, -0.2) is 29.3 Å². The van der Waals surface area contributed by atoms with Crippen LogP contribution in [0.4, 0.5) is 8.78 Å². The predicted octanol–water partition coefficient (Wildman–Crippen LogP) is 1.98. The zero-order valence-corrected chi connectivity index (χ0v) is 12.1. The van der Waals surface area contributed by atoms with Crippen molar-refractivity contribution in [1.82, 2.24) is 10.2 Å². The number of likely N-dealkylation sites (tertiary alicyclic amines) is 1. The van der Waals surface area contributed by atoms with Gasteiger partial charge in [-0.1, -0.05) is 12.1 Å². The Bertz CT molecular complexity index is 602. The minimum Gasteiger partial charge on any atom is -0.352 e. The summed E-state index contributed by atoms with van der Waals surface area (Å²) >= 11 is 0. The van der Waals surface area contributed by atoms with E-state index in [9.17, 15) is 18.4 Å². The zero-order valence-electron chi connectivity index (χ0n) is 12.1. The molecule has 1 atom stereocenters. The topological polar surface area (TPSA) is 49.4 Å². The molecule has 1 saturated heterocycles. The van der Waals surface area contributed by atoms with E-state index in [4.69, 9.17) is 0 Å². The standard InChI is InChI=1S/C16H18F2N2O2/c17-13-3-1-2-10(15(13)18)8-19-16(22)11-4-7-14(21)20(9-11)12-5-6-12/h1-3,11-12H,4-9H2,(H,19,22)/t11-/m1/s1. The zero-order chi connectivity index (χ0) is 15.7. The third kappa shape index (κ3) is 3.10. The molecule has 1 aromatic rings. The van der Waals surface area contributed by atoms with Crippen molar-refractivity contribution < 1.29 is 18.4 Å². The van der Waals surface area contributed by atoms with Crippen LogP contribution in [0.2, 0.25) is 0 Å². The monoisotopic (exact) mass is 308 g/mol. The van der Waals surface area contributed by atoms with Gasteiger partial charge in [-0.2, -0.15) is 0 Å². The van der Waals surface area contributed by atoms with Gasteiger partial charge in [0.2, 0.25) is 11.8 Å². The molecule has 22 heavy (non-hydrogen) atoms. The molecule has 2 fully saturated rings. The van der Waals surface area contributed by atoms with Crippen LogP contribution >= 0.6 is 0 Å². The molecule has 1 saturated carbocycles. The lowest BCUT2D eigenvalue weighted by Gasteiger charge is -2.32. The highest BCUT2D eigenvalue weighted by molar-refractivity contribution is 5.84. The molecular formula is C16H18F2N2O2. The van der Waals surface area contributed by atoms with Crippen molar-refractivity contribution in [2.75, 3.05) is 6.54 Å². The number of halogens is 2. The Kier molecular flexibility index (Phi) is 4.09. The van der Waals surface area contributed by atoms with Crippen LogP contribution in [0.5, 0.6) is 0 Å². The van der Waals surface area contributed by atoms with Crippen LogP contribution in [0.25, 0.3) is 0 Å². The van der Waals surface area contributed by atoms with Gasteiger partial charge in [0.05, 0.1) is 5.92 Å². The van der Waals surface area contributed by atoms with Crippen molar-refractivity contribution in [3.63, 3.8) is 0 Å². The van der Waals surface area contributed by atoms with Crippen molar-refractivity contribution in [1.29, 1.82) is 0 Å². The van der Waals surface area contributed by atoms with Crippen LogP contribution in [-0.2, 0) is 16.1 Å². The first kappa shape index (κ1) is 14.9. The average molecular weight is 308 g/mol. The highest BCUT2D eigenvalue weighted by Crippen LogP contribution is 2.31. The largest absolute Gasteiger partial charge is 0.352 e. The normalized spacial score (nSPS) is 21.8. The maximum absolute atomic E-state index is 13.5. The molecule has 0 unspecified atom stereocenters. The molecule has 3 rings (SSSR count). The number of carbonyl (C=O) groups is 2. The molecular weight excluding hydrogens is 290 g/mol. The summed E-state index contributed by atoms with van der Waals surface area (Å²) in [6, 6.07) is 4.19. The summed E-state index contributed by atoms with van der Waals surface area (Å²) in [6.45, 7) is 0.386. The first-order valence-electron chi connectivity index (χ1n) is 7.56. The Morgan fingerprint density at radius 3 is 2.77 bits per heavy atom. The fraction of sp³-hybridized carbons (Fsp3) is 0.500. The van der Waals surface area contributed by atoms with Crippen LogP contribution in [0.1, 0.15) is 31.2 Å². The van der Waals surface area contributed by atoms with E-state index in [0.29, 0.717) is 25.4 Å². The van der Waals surface area contributed by atoms with Gasteiger partial charge in [0.1, 0.15) is 0 Å². The van der Waals surface area contributed by atoms with Gasteiger partial charge < -0.3 is 10.2 Å². The maximum atomic E-state index is 13.5. The fourth-order valence-electron chi connectivity index (χ4n) is 2.84. The number of hydrogen-bond acceptors (Lipinski definition) is 2. The quantitative estimate of drug-likeness (QED) is 0.924. The second-order valence-corrected chi connectivity index (χ2v) is 5.94.